The highest BCUT2D eigenvalue weighted by molar-refractivity contribution is 5.86. The zero-order valence-corrected chi connectivity index (χ0v) is 8.29. The van der Waals surface area contributed by atoms with Crippen molar-refractivity contribution in [2.45, 2.75) is 6.92 Å². The van der Waals surface area contributed by atoms with Gasteiger partial charge < -0.3 is 9.84 Å². The summed E-state index contributed by atoms with van der Waals surface area (Å²) in [6.07, 6.45) is 0. The van der Waals surface area contributed by atoms with Crippen LogP contribution >= 0.6 is 0 Å². The van der Waals surface area contributed by atoms with E-state index < -0.39 is 11.8 Å². The number of carbonyl (C=O) groups is 1. The maximum absolute atomic E-state index is 13.1. The Labute approximate surface area is 86.8 Å². The number of carboxylic acids is 1. The summed E-state index contributed by atoms with van der Waals surface area (Å²) in [7, 11) is 0. The van der Waals surface area contributed by atoms with Crippen molar-refractivity contribution < 1.29 is 19.0 Å². The van der Waals surface area contributed by atoms with Gasteiger partial charge in [-0.05, 0) is 24.6 Å². The van der Waals surface area contributed by atoms with E-state index in [-0.39, 0.29) is 17.9 Å². The van der Waals surface area contributed by atoms with Gasteiger partial charge in [0, 0.05) is 0 Å². The molecule has 0 bridgehead atoms. The lowest BCUT2D eigenvalue weighted by Crippen LogP contribution is -2.09. The summed E-state index contributed by atoms with van der Waals surface area (Å²) in [5.74, 6) is -1.63. The van der Waals surface area contributed by atoms with Crippen LogP contribution in [0.25, 0.3) is 0 Å². The molecule has 0 aliphatic carbocycles. The lowest BCUT2D eigenvalue weighted by atomic mass is 10.2. The molecule has 1 rings (SSSR count). The van der Waals surface area contributed by atoms with Crippen molar-refractivity contribution in [3.05, 3.63) is 41.7 Å². The summed E-state index contributed by atoms with van der Waals surface area (Å²) in [5.41, 5.74) is 0.725. The predicted octanol–water partition coefficient (Wildman–Crippen LogP) is 2.15. The Hall–Kier alpha value is -1.84. The molecule has 0 aliphatic rings. The van der Waals surface area contributed by atoms with E-state index in [1.165, 1.54) is 12.1 Å². The third-order valence-corrected chi connectivity index (χ3v) is 1.79. The lowest BCUT2D eigenvalue weighted by Gasteiger charge is -2.07. The highest BCUT2D eigenvalue weighted by atomic mass is 19.1. The Morgan fingerprint density at radius 2 is 2.27 bits per heavy atom. The Balaban J connectivity index is 2.69. The fraction of sp³-hybridized carbons (Fsp3) is 0.182. The molecular formula is C11H11FO3. The molecule has 0 spiro atoms. The molecule has 4 heteroatoms. The number of carboxylic acid groups (broad SMARTS) is 1. The van der Waals surface area contributed by atoms with E-state index in [4.69, 9.17) is 9.84 Å². The minimum atomic E-state index is -1.15. The molecule has 0 aromatic heterocycles. The molecule has 0 atom stereocenters. The summed E-state index contributed by atoms with van der Waals surface area (Å²) < 4.78 is 18.1. The second-order valence-corrected chi connectivity index (χ2v) is 3.13. The van der Waals surface area contributed by atoms with Crippen LogP contribution in [0.15, 0.2) is 30.4 Å². The molecule has 0 aliphatic heterocycles. The van der Waals surface area contributed by atoms with E-state index >= 15 is 0 Å². The van der Waals surface area contributed by atoms with Gasteiger partial charge in [0.15, 0.2) is 11.6 Å². The monoisotopic (exact) mass is 210 g/mol. The number of aryl methyl sites for hydroxylation is 1. The normalized spacial score (nSPS) is 9.73. The van der Waals surface area contributed by atoms with E-state index in [9.17, 15) is 9.18 Å². The maximum Gasteiger partial charge on any atom is 0.334 e. The van der Waals surface area contributed by atoms with Gasteiger partial charge in [-0.25, -0.2) is 9.18 Å². The Morgan fingerprint density at radius 1 is 1.60 bits per heavy atom. The maximum atomic E-state index is 13.1. The average molecular weight is 210 g/mol. The van der Waals surface area contributed by atoms with Crippen LogP contribution < -0.4 is 4.74 Å². The van der Waals surface area contributed by atoms with E-state index in [1.807, 2.05) is 0 Å². The van der Waals surface area contributed by atoms with Gasteiger partial charge in [-0.3, -0.25) is 0 Å². The Bertz CT molecular complexity index is 399. The molecule has 80 valence electrons. The van der Waals surface area contributed by atoms with Gasteiger partial charge in [0.05, 0.1) is 5.57 Å². The summed E-state index contributed by atoms with van der Waals surface area (Å²) in [4.78, 5) is 10.4. The zero-order valence-electron chi connectivity index (χ0n) is 8.29. The second kappa shape index (κ2) is 4.59. The van der Waals surface area contributed by atoms with Crippen LogP contribution in [-0.4, -0.2) is 17.7 Å². The van der Waals surface area contributed by atoms with Crippen molar-refractivity contribution in [1.29, 1.82) is 0 Å². The van der Waals surface area contributed by atoms with Crippen molar-refractivity contribution in [2.75, 3.05) is 6.61 Å². The van der Waals surface area contributed by atoms with Crippen LogP contribution in [0, 0.1) is 12.7 Å². The fourth-order valence-corrected chi connectivity index (χ4v) is 0.948. The molecule has 0 saturated carbocycles. The van der Waals surface area contributed by atoms with Gasteiger partial charge in [0.1, 0.15) is 6.61 Å². The van der Waals surface area contributed by atoms with Gasteiger partial charge in [-0.15, -0.1) is 0 Å². The smallest absolute Gasteiger partial charge is 0.334 e. The van der Waals surface area contributed by atoms with Crippen LogP contribution in [0.3, 0.4) is 0 Å². The molecule has 0 saturated heterocycles. The van der Waals surface area contributed by atoms with Gasteiger partial charge in [-0.1, -0.05) is 12.6 Å². The van der Waals surface area contributed by atoms with Crippen molar-refractivity contribution in [3.8, 4) is 5.75 Å². The van der Waals surface area contributed by atoms with Crippen molar-refractivity contribution in [1.82, 2.24) is 0 Å². The Morgan fingerprint density at radius 3 is 2.87 bits per heavy atom. The molecular weight excluding hydrogens is 199 g/mol. The molecule has 0 unspecified atom stereocenters. The number of ether oxygens (including phenoxy) is 1. The molecule has 3 nitrogen and oxygen atoms in total. The quantitative estimate of drug-likeness (QED) is 0.774. The number of halogens is 1. The predicted molar refractivity (Wildman–Crippen MR) is 53.4 cm³/mol. The van der Waals surface area contributed by atoms with Gasteiger partial charge in [-0.2, -0.15) is 0 Å². The van der Waals surface area contributed by atoms with E-state index in [2.05, 4.69) is 6.58 Å². The molecule has 1 aromatic rings. The number of hydrogen-bond donors (Lipinski definition) is 1. The van der Waals surface area contributed by atoms with Crippen LogP contribution in [0.4, 0.5) is 4.39 Å². The van der Waals surface area contributed by atoms with E-state index in [1.54, 1.807) is 13.0 Å². The topological polar surface area (TPSA) is 46.5 Å². The highest BCUT2D eigenvalue weighted by Crippen LogP contribution is 2.18. The molecule has 1 N–H and O–H groups in total. The first-order valence-corrected chi connectivity index (χ1v) is 4.30. The Kier molecular flexibility index (Phi) is 3.44. The van der Waals surface area contributed by atoms with Crippen molar-refractivity contribution in [3.63, 3.8) is 0 Å². The van der Waals surface area contributed by atoms with Gasteiger partial charge >= 0.3 is 5.97 Å². The van der Waals surface area contributed by atoms with Gasteiger partial charge in [0.25, 0.3) is 0 Å². The van der Waals surface area contributed by atoms with Crippen LogP contribution in [0.1, 0.15) is 5.56 Å². The molecule has 0 fully saturated rings. The molecule has 1 aromatic carbocycles. The number of hydrogen-bond acceptors (Lipinski definition) is 2. The standard InChI is InChI=1S/C11H11FO3/c1-7-3-4-9(12)10(5-7)15-6-8(2)11(13)14/h3-5H,2,6H2,1H3,(H,13,14). The minimum absolute atomic E-state index is 0.0393. The van der Waals surface area contributed by atoms with Crippen molar-refractivity contribution in [2.24, 2.45) is 0 Å². The third-order valence-electron chi connectivity index (χ3n) is 1.79. The molecule has 0 amide bonds. The second-order valence-electron chi connectivity index (χ2n) is 3.13. The van der Waals surface area contributed by atoms with Crippen LogP contribution in [0.2, 0.25) is 0 Å². The lowest BCUT2D eigenvalue weighted by molar-refractivity contribution is -0.133. The molecule has 0 radical (unpaired) electrons. The number of benzene rings is 1. The van der Waals surface area contributed by atoms with E-state index in [0.29, 0.717) is 0 Å². The molecule has 15 heavy (non-hydrogen) atoms. The van der Waals surface area contributed by atoms with Crippen LogP contribution in [0.5, 0.6) is 5.75 Å². The molecule has 0 heterocycles. The first-order chi connectivity index (χ1) is 7.00. The fourth-order valence-electron chi connectivity index (χ4n) is 0.948. The van der Waals surface area contributed by atoms with E-state index in [0.717, 1.165) is 5.56 Å². The first-order valence-electron chi connectivity index (χ1n) is 4.30. The SMILES string of the molecule is C=C(COc1cc(C)ccc1F)C(=O)O. The summed E-state index contributed by atoms with van der Waals surface area (Å²) in [6, 6.07) is 4.38. The van der Waals surface area contributed by atoms with Gasteiger partial charge in [0.2, 0.25) is 0 Å². The van der Waals surface area contributed by atoms with Crippen LogP contribution in [-0.2, 0) is 4.79 Å². The summed E-state index contributed by atoms with van der Waals surface area (Å²) in [5, 5.41) is 8.51. The third kappa shape index (κ3) is 3.09. The number of aliphatic carboxylic acids is 1. The minimum Gasteiger partial charge on any atom is -0.486 e. The first kappa shape index (κ1) is 11.2. The number of rotatable bonds is 4. The summed E-state index contributed by atoms with van der Waals surface area (Å²) in [6.45, 7) is 4.84. The largest absolute Gasteiger partial charge is 0.486 e. The highest BCUT2D eigenvalue weighted by Gasteiger charge is 2.07. The summed E-state index contributed by atoms with van der Waals surface area (Å²) >= 11 is 0. The average Bonchev–Trinajstić information content (AvgIpc) is 2.18. The zero-order chi connectivity index (χ0) is 11.4. The van der Waals surface area contributed by atoms with Crippen molar-refractivity contribution >= 4 is 5.97 Å².